The lowest BCUT2D eigenvalue weighted by Crippen LogP contribution is -2.59. The fourth-order valence-corrected chi connectivity index (χ4v) is 0.641. The number of esters is 1. The molecule has 4 nitrogen and oxygen atoms in total. The van der Waals surface area contributed by atoms with Gasteiger partial charge in [-0.05, 0) is 0 Å². The van der Waals surface area contributed by atoms with Gasteiger partial charge in [0.15, 0.2) is 0 Å². The number of nitrogens with one attached hydrogen (secondary N) is 2. The third-order valence-electron chi connectivity index (χ3n) is 1.30. The van der Waals surface area contributed by atoms with Gasteiger partial charge in [-0.1, -0.05) is 0 Å². The number of carbonyl (C=O) groups excluding carboxylic acids is 1. The van der Waals surface area contributed by atoms with Crippen LogP contribution >= 0.6 is 0 Å². The largest absolute Gasteiger partial charge is 0.469 e. The van der Waals surface area contributed by atoms with Crippen LogP contribution < -0.4 is 10.6 Å². The van der Waals surface area contributed by atoms with E-state index in [2.05, 4.69) is 15.4 Å². The zero-order chi connectivity index (χ0) is 6.69. The first-order valence-corrected chi connectivity index (χ1v) is 2.86. The first kappa shape index (κ1) is 6.51. The molecule has 0 radical (unpaired) electrons. The summed E-state index contributed by atoms with van der Waals surface area (Å²) in [5.74, 6) is -0.181. The summed E-state index contributed by atoms with van der Waals surface area (Å²) in [4.78, 5) is 10.5. The molecule has 9 heavy (non-hydrogen) atoms. The Morgan fingerprint density at radius 2 is 2.44 bits per heavy atom. The van der Waals surface area contributed by atoms with Gasteiger partial charge in [-0.15, -0.1) is 0 Å². The van der Waals surface area contributed by atoms with Crippen LogP contribution in [0.25, 0.3) is 0 Å². The first-order valence-electron chi connectivity index (χ1n) is 2.86. The van der Waals surface area contributed by atoms with Gasteiger partial charge in [-0.3, -0.25) is 15.4 Å². The van der Waals surface area contributed by atoms with Gasteiger partial charge in [-0.2, -0.15) is 0 Å². The molecular weight excluding hydrogens is 120 g/mol. The Morgan fingerprint density at radius 1 is 1.78 bits per heavy atom. The predicted molar refractivity (Wildman–Crippen MR) is 31.6 cm³/mol. The minimum absolute atomic E-state index is 0.137. The van der Waals surface area contributed by atoms with E-state index in [-0.39, 0.29) is 12.1 Å². The Labute approximate surface area is 53.6 Å². The van der Waals surface area contributed by atoms with Gasteiger partial charge in [0.05, 0.1) is 19.7 Å². The molecule has 1 aliphatic heterocycles. The highest BCUT2D eigenvalue weighted by Crippen LogP contribution is 1.94. The first-order chi connectivity index (χ1) is 4.33. The highest BCUT2D eigenvalue weighted by molar-refractivity contribution is 5.69. The van der Waals surface area contributed by atoms with Gasteiger partial charge in [0.2, 0.25) is 0 Å². The van der Waals surface area contributed by atoms with Crippen molar-refractivity contribution < 1.29 is 9.53 Å². The van der Waals surface area contributed by atoms with E-state index in [1.165, 1.54) is 7.11 Å². The van der Waals surface area contributed by atoms with E-state index in [0.717, 1.165) is 6.67 Å². The molecule has 1 heterocycles. The molecule has 0 amide bonds. The van der Waals surface area contributed by atoms with Crippen LogP contribution in [0.2, 0.25) is 0 Å². The Balaban J connectivity index is 2.09. The topological polar surface area (TPSA) is 50.4 Å². The number of rotatable bonds is 2. The van der Waals surface area contributed by atoms with Crippen LogP contribution in [0.3, 0.4) is 0 Å². The molecule has 0 aromatic carbocycles. The van der Waals surface area contributed by atoms with Crippen molar-refractivity contribution in [2.45, 2.75) is 12.6 Å². The molecule has 0 spiro atoms. The summed E-state index contributed by atoms with van der Waals surface area (Å²) >= 11 is 0. The third kappa shape index (κ3) is 1.65. The summed E-state index contributed by atoms with van der Waals surface area (Å²) in [5.41, 5.74) is 0. The summed E-state index contributed by atoms with van der Waals surface area (Å²) in [5, 5.41) is 6.00. The quantitative estimate of drug-likeness (QED) is 0.472. The molecule has 0 bridgehead atoms. The standard InChI is InChI=1S/C5H10N2O2/c1-9-5(8)2-4-6-3-7-4/h4,6-7H,2-3H2,1H3. The minimum Gasteiger partial charge on any atom is -0.469 e. The van der Waals surface area contributed by atoms with Gasteiger partial charge in [0.1, 0.15) is 0 Å². The van der Waals surface area contributed by atoms with Crippen molar-refractivity contribution in [1.82, 2.24) is 10.6 Å². The van der Waals surface area contributed by atoms with E-state index in [1.54, 1.807) is 0 Å². The van der Waals surface area contributed by atoms with Crippen LogP contribution in [0.5, 0.6) is 0 Å². The maximum atomic E-state index is 10.5. The van der Waals surface area contributed by atoms with Crippen molar-refractivity contribution >= 4 is 5.97 Å². The van der Waals surface area contributed by atoms with Crippen molar-refractivity contribution in [2.24, 2.45) is 0 Å². The van der Waals surface area contributed by atoms with E-state index in [9.17, 15) is 4.79 Å². The molecular formula is C5H10N2O2. The molecule has 2 N–H and O–H groups in total. The molecule has 0 aromatic rings. The molecule has 0 aliphatic carbocycles. The summed E-state index contributed by atoms with van der Waals surface area (Å²) in [6.07, 6.45) is 0.550. The molecule has 1 fully saturated rings. The summed E-state index contributed by atoms with van der Waals surface area (Å²) in [6, 6.07) is 0. The monoisotopic (exact) mass is 130 g/mol. The van der Waals surface area contributed by atoms with Crippen LogP contribution in [0.4, 0.5) is 0 Å². The van der Waals surface area contributed by atoms with Crippen LogP contribution in [-0.4, -0.2) is 25.9 Å². The molecule has 0 atom stereocenters. The molecule has 4 heteroatoms. The van der Waals surface area contributed by atoms with E-state index in [0.29, 0.717) is 6.42 Å². The van der Waals surface area contributed by atoms with Crippen molar-refractivity contribution in [1.29, 1.82) is 0 Å². The van der Waals surface area contributed by atoms with Crippen LogP contribution in [0, 0.1) is 0 Å². The Kier molecular flexibility index (Phi) is 2.02. The second kappa shape index (κ2) is 2.80. The number of ether oxygens (including phenoxy) is 1. The van der Waals surface area contributed by atoms with Gasteiger partial charge >= 0.3 is 5.97 Å². The van der Waals surface area contributed by atoms with E-state index in [1.807, 2.05) is 0 Å². The normalized spacial score (nSPS) is 18.8. The zero-order valence-electron chi connectivity index (χ0n) is 5.31. The van der Waals surface area contributed by atoms with Crippen LogP contribution in [0.15, 0.2) is 0 Å². The van der Waals surface area contributed by atoms with Crippen LogP contribution in [-0.2, 0) is 9.53 Å². The fourth-order valence-electron chi connectivity index (χ4n) is 0.641. The van der Waals surface area contributed by atoms with E-state index >= 15 is 0 Å². The van der Waals surface area contributed by atoms with Crippen molar-refractivity contribution in [3.8, 4) is 0 Å². The molecule has 1 aliphatic rings. The lowest BCUT2D eigenvalue weighted by Gasteiger charge is -2.28. The second-order valence-electron chi connectivity index (χ2n) is 1.92. The van der Waals surface area contributed by atoms with Gasteiger partial charge in [-0.25, -0.2) is 0 Å². The SMILES string of the molecule is COC(=O)CC1NCN1. The zero-order valence-corrected chi connectivity index (χ0v) is 5.31. The van der Waals surface area contributed by atoms with Gasteiger partial charge < -0.3 is 4.74 Å². The lowest BCUT2D eigenvalue weighted by molar-refractivity contribution is -0.141. The highest BCUT2D eigenvalue weighted by Gasteiger charge is 2.18. The van der Waals surface area contributed by atoms with E-state index in [4.69, 9.17) is 0 Å². The number of carbonyl (C=O) groups is 1. The minimum atomic E-state index is -0.181. The molecule has 1 saturated heterocycles. The van der Waals surface area contributed by atoms with Crippen molar-refractivity contribution in [3.63, 3.8) is 0 Å². The summed E-state index contributed by atoms with van der Waals surface area (Å²) in [7, 11) is 1.39. The Bertz CT molecular complexity index is 112. The summed E-state index contributed by atoms with van der Waals surface area (Å²) < 4.78 is 4.44. The van der Waals surface area contributed by atoms with Gasteiger partial charge in [0, 0.05) is 6.67 Å². The highest BCUT2D eigenvalue weighted by atomic mass is 16.5. The fraction of sp³-hybridized carbons (Fsp3) is 0.800. The molecule has 0 saturated carbocycles. The average Bonchev–Trinajstić information content (AvgIpc) is 1.78. The molecule has 1 rings (SSSR count). The molecule has 52 valence electrons. The average molecular weight is 130 g/mol. The lowest BCUT2D eigenvalue weighted by atomic mass is 10.3. The summed E-state index contributed by atoms with van der Waals surface area (Å²) in [6.45, 7) is 0.793. The third-order valence-corrected chi connectivity index (χ3v) is 1.30. The maximum absolute atomic E-state index is 10.5. The van der Waals surface area contributed by atoms with Crippen LogP contribution in [0.1, 0.15) is 6.42 Å². The Morgan fingerprint density at radius 3 is 2.78 bits per heavy atom. The maximum Gasteiger partial charge on any atom is 0.308 e. The smallest absolute Gasteiger partial charge is 0.308 e. The number of methoxy groups -OCH3 is 1. The Hall–Kier alpha value is -0.610. The molecule has 0 unspecified atom stereocenters. The number of hydrogen-bond acceptors (Lipinski definition) is 4. The second-order valence-corrected chi connectivity index (χ2v) is 1.92. The van der Waals surface area contributed by atoms with Gasteiger partial charge in [0.25, 0.3) is 0 Å². The predicted octanol–water partition coefficient (Wildman–Crippen LogP) is -0.974. The van der Waals surface area contributed by atoms with Crippen molar-refractivity contribution in [2.75, 3.05) is 13.8 Å². The van der Waals surface area contributed by atoms with Crippen molar-refractivity contribution in [3.05, 3.63) is 0 Å². The van der Waals surface area contributed by atoms with E-state index < -0.39 is 0 Å². The molecule has 0 aromatic heterocycles. The number of hydrogen-bond donors (Lipinski definition) is 2.